The van der Waals surface area contributed by atoms with Crippen LogP contribution in [0.4, 0.5) is 0 Å². The van der Waals surface area contributed by atoms with Gasteiger partial charge in [-0.1, -0.05) is 25.1 Å². The summed E-state index contributed by atoms with van der Waals surface area (Å²) in [5.41, 5.74) is 2.32. The van der Waals surface area contributed by atoms with Gasteiger partial charge in [-0.15, -0.1) is 0 Å². The number of benzene rings is 1. The van der Waals surface area contributed by atoms with Gasteiger partial charge >= 0.3 is 0 Å². The average Bonchev–Trinajstić information content (AvgIpc) is 3.17. The third kappa shape index (κ3) is 3.22. The van der Waals surface area contributed by atoms with E-state index in [0.717, 1.165) is 18.5 Å². The highest BCUT2D eigenvalue weighted by Gasteiger charge is 2.15. The summed E-state index contributed by atoms with van der Waals surface area (Å²) in [6.45, 7) is 3.44. The Labute approximate surface area is 130 Å². The van der Waals surface area contributed by atoms with Crippen LogP contribution in [0.25, 0.3) is 10.9 Å². The van der Waals surface area contributed by atoms with Gasteiger partial charge in [0.25, 0.3) is 0 Å². The normalized spacial score (nSPS) is 12.4. The summed E-state index contributed by atoms with van der Waals surface area (Å²) in [5, 5.41) is 4.21. The minimum atomic E-state index is -0.0381. The van der Waals surface area contributed by atoms with E-state index in [9.17, 15) is 4.79 Å². The number of rotatable bonds is 6. The van der Waals surface area contributed by atoms with Crippen molar-refractivity contribution in [3.05, 3.63) is 60.6 Å². The summed E-state index contributed by atoms with van der Waals surface area (Å²) in [7, 11) is 0. The van der Waals surface area contributed by atoms with Crippen molar-refractivity contribution in [1.29, 1.82) is 0 Å². The average molecular weight is 295 g/mol. The van der Waals surface area contributed by atoms with Crippen LogP contribution in [0.1, 0.15) is 12.5 Å². The molecule has 0 radical (unpaired) electrons. The number of nitrogens with zero attached hydrogens (tertiary/aromatic N) is 1. The molecule has 2 aromatic heterocycles. The van der Waals surface area contributed by atoms with Gasteiger partial charge in [0.05, 0.1) is 0 Å². The zero-order valence-corrected chi connectivity index (χ0v) is 12.8. The predicted molar refractivity (Wildman–Crippen MR) is 88.6 cm³/mol. The van der Waals surface area contributed by atoms with E-state index in [1.54, 1.807) is 0 Å². The third-order valence-corrected chi connectivity index (χ3v) is 3.98. The van der Waals surface area contributed by atoms with Crippen molar-refractivity contribution in [2.45, 2.75) is 19.9 Å². The third-order valence-electron chi connectivity index (χ3n) is 3.98. The Morgan fingerprint density at radius 2 is 2.00 bits per heavy atom. The van der Waals surface area contributed by atoms with Gasteiger partial charge in [0.2, 0.25) is 5.91 Å². The lowest BCUT2D eigenvalue weighted by Gasteiger charge is -2.12. The molecule has 2 heterocycles. The molecular formula is C18H21N3O. The quantitative estimate of drug-likeness (QED) is 0.721. The molecule has 1 amide bonds. The molecule has 0 aliphatic heterocycles. The molecular weight excluding hydrogens is 274 g/mol. The molecule has 1 atom stereocenters. The van der Waals surface area contributed by atoms with E-state index in [-0.39, 0.29) is 11.8 Å². The Balaban J connectivity index is 1.54. The molecule has 0 aliphatic carbocycles. The number of hydrogen-bond acceptors (Lipinski definition) is 1. The second-order valence-electron chi connectivity index (χ2n) is 5.68. The zero-order chi connectivity index (χ0) is 15.4. The number of aromatic amines is 1. The van der Waals surface area contributed by atoms with Gasteiger partial charge in [-0.3, -0.25) is 4.79 Å². The molecule has 114 valence electrons. The van der Waals surface area contributed by atoms with E-state index in [1.165, 1.54) is 10.9 Å². The number of hydrogen-bond donors (Lipinski definition) is 2. The summed E-state index contributed by atoms with van der Waals surface area (Å²) in [5.74, 6) is 0.0707. The van der Waals surface area contributed by atoms with Gasteiger partial charge in [-0.05, 0) is 30.2 Å². The first-order valence-corrected chi connectivity index (χ1v) is 7.67. The van der Waals surface area contributed by atoms with E-state index < -0.39 is 0 Å². The fourth-order valence-electron chi connectivity index (χ4n) is 2.72. The SMILES string of the molecule is CC(Cc1c[nH]c2ccccc12)C(=O)NCCn1cccc1. The smallest absolute Gasteiger partial charge is 0.223 e. The molecule has 4 nitrogen and oxygen atoms in total. The van der Waals surface area contributed by atoms with Crippen LogP contribution in [-0.2, 0) is 17.8 Å². The first kappa shape index (κ1) is 14.4. The lowest BCUT2D eigenvalue weighted by Crippen LogP contribution is -2.32. The van der Waals surface area contributed by atoms with Gasteiger partial charge < -0.3 is 14.9 Å². The van der Waals surface area contributed by atoms with Crippen molar-refractivity contribution in [2.75, 3.05) is 6.54 Å². The van der Waals surface area contributed by atoms with Crippen LogP contribution in [0, 0.1) is 5.92 Å². The number of fused-ring (bicyclic) bond motifs is 1. The van der Waals surface area contributed by atoms with Crippen LogP contribution < -0.4 is 5.32 Å². The maximum Gasteiger partial charge on any atom is 0.223 e. The van der Waals surface area contributed by atoms with Crippen LogP contribution in [0.2, 0.25) is 0 Å². The molecule has 0 saturated carbocycles. The molecule has 22 heavy (non-hydrogen) atoms. The monoisotopic (exact) mass is 295 g/mol. The van der Waals surface area contributed by atoms with Gasteiger partial charge in [-0.25, -0.2) is 0 Å². The number of H-pyrrole nitrogens is 1. The van der Waals surface area contributed by atoms with Crippen LogP contribution >= 0.6 is 0 Å². The number of nitrogens with one attached hydrogen (secondary N) is 2. The van der Waals surface area contributed by atoms with E-state index in [4.69, 9.17) is 0 Å². The van der Waals surface area contributed by atoms with Crippen LogP contribution in [-0.4, -0.2) is 22.0 Å². The van der Waals surface area contributed by atoms with Crippen LogP contribution in [0.3, 0.4) is 0 Å². The molecule has 0 bridgehead atoms. The maximum atomic E-state index is 12.2. The molecule has 0 spiro atoms. The highest BCUT2D eigenvalue weighted by molar-refractivity contribution is 5.84. The standard InChI is InChI=1S/C18H21N3O/c1-14(18(22)19-8-11-21-9-4-5-10-21)12-15-13-20-17-7-3-2-6-16(15)17/h2-7,9-10,13-14,20H,8,11-12H2,1H3,(H,19,22). The molecule has 1 unspecified atom stereocenters. The Hall–Kier alpha value is -2.49. The summed E-state index contributed by atoms with van der Waals surface area (Å²) in [4.78, 5) is 15.5. The molecule has 0 saturated heterocycles. The predicted octanol–water partition coefficient (Wildman–Crippen LogP) is 2.96. The Bertz CT molecular complexity index is 743. The van der Waals surface area contributed by atoms with E-state index in [1.807, 2.05) is 49.8 Å². The Kier molecular flexibility index (Phi) is 4.28. The summed E-state index contributed by atoms with van der Waals surface area (Å²) in [6, 6.07) is 12.2. The van der Waals surface area contributed by atoms with Crippen LogP contribution in [0.15, 0.2) is 55.0 Å². The Morgan fingerprint density at radius 1 is 1.23 bits per heavy atom. The number of para-hydroxylation sites is 1. The number of carbonyl (C=O) groups is 1. The fourth-order valence-corrected chi connectivity index (χ4v) is 2.72. The van der Waals surface area contributed by atoms with Crippen molar-refractivity contribution >= 4 is 16.8 Å². The fraction of sp³-hybridized carbons (Fsp3) is 0.278. The summed E-state index contributed by atoms with van der Waals surface area (Å²) >= 11 is 0. The lowest BCUT2D eigenvalue weighted by atomic mass is 10.00. The van der Waals surface area contributed by atoms with E-state index in [2.05, 4.69) is 27.0 Å². The molecule has 0 aliphatic rings. The first-order valence-electron chi connectivity index (χ1n) is 7.67. The molecule has 3 aromatic rings. The lowest BCUT2D eigenvalue weighted by molar-refractivity contribution is -0.124. The molecule has 3 rings (SSSR count). The molecule has 2 N–H and O–H groups in total. The van der Waals surface area contributed by atoms with Gasteiger partial charge in [0.1, 0.15) is 0 Å². The van der Waals surface area contributed by atoms with Crippen LogP contribution in [0.5, 0.6) is 0 Å². The number of amides is 1. The van der Waals surface area contributed by atoms with Crippen molar-refractivity contribution in [3.63, 3.8) is 0 Å². The Morgan fingerprint density at radius 3 is 2.82 bits per heavy atom. The highest BCUT2D eigenvalue weighted by Crippen LogP contribution is 2.20. The van der Waals surface area contributed by atoms with Crippen molar-refractivity contribution in [1.82, 2.24) is 14.9 Å². The topological polar surface area (TPSA) is 49.8 Å². The summed E-state index contributed by atoms with van der Waals surface area (Å²) < 4.78 is 2.06. The van der Waals surface area contributed by atoms with Crippen molar-refractivity contribution in [3.8, 4) is 0 Å². The molecule has 1 aromatic carbocycles. The van der Waals surface area contributed by atoms with E-state index in [0.29, 0.717) is 6.54 Å². The minimum Gasteiger partial charge on any atom is -0.361 e. The van der Waals surface area contributed by atoms with Gasteiger partial charge in [0.15, 0.2) is 0 Å². The second kappa shape index (κ2) is 6.52. The van der Waals surface area contributed by atoms with Crippen molar-refractivity contribution in [2.24, 2.45) is 5.92 Å². The van der Waals surface area contributed by atoms with Gasteiger partial charge in [0, 0.05) is 48.5 Å². The minimum absolute atomic E-state index is 0.0381. The summed E-state index contributed by atoms with van der Waals surface area (Å²) in [6.07, 6.45) is 6.76. The maximum absolute atomic E-state index is 12.2. The first-order chi connectivity index (χ1) is 10.7. The van der Waals surface area contributed by atoms with Crippen molar-refractivity contribution < 1.29 is 4.79 Å². The molecule has 0 fully saturated rings. The second-order valence-corrected chi connectivity index (χ2v) is 5.68. The highest BCUT2D eigenvalue weighted by atomic mass is 16.1. The zero-order valence-electron chi connectivity index (χ0n) is 12.8. The van der Waals surface area contributed by atoms with Gasteiger partial charge in [-0.2, -0.15) is 0 Å². The number of aromatic nitrogens is 2. The number of carbonyl (C=O) groups excluding carboxylic acids is 1. The molecule has 4 heteroatoms. The largest absolute Gasteiger partial charge is 0.361 e. The van der Waals surface area contributed by atoms with E-state index >= 15 is 0 Å².